The Labute approximate surface area is 107 Å². The summed E-state index contributed by atoms with van der Waals surface area (Å²) in [4.78, 5) is 18.3. The molecule has 0 bridgehead atoms. The van der Waals surface area contributed by atoms with Crippen molar-refractivity contribution in [1.29, 1.82) is 0 Å². The van der Waals surface area contributed by atoms with Crippen molar-refractivity contribution in [2.75, 3.05) is 13.1 Å². The Morgan fingerprint density at radius 2 is 2.06 bits per heavy atom. The van der Waals surface area contributed by atoms with Crippen LogP contribution in [0.4, 0.5) is 0 Å². The predicted octanol–water partition coefficient (Wildman–Crippen LogP) is 1.67. The Morgan fingerprint density at radius 1 is 1.39 bits per heavy atom. The molecule has 0 spiro atoms. The fourth-order valence-corrected chi connectivity index (χ4v) is 2.58. The van der Waals surface area contributed by atoms with Crippen molar-refractivity contribution >= 4 is 5.91 Å². The van der Waals surface area contributed by atoms with Crippen LogP contribution in [0.1, 0.15) is 44.3 Å². The molecule has 0 unspecified atom stereocenters. The van der Waals surface area contributed by atoms with Gasteiger partial charge in [0.25, 0.3) is 0 Å². The number of likely N-dealkylation sites (tertiary alicyclic amines) is 1. The lowest BCUT2D eigenvalue weighted by molar-refractivity contribution is -0.134. The first-order valence-electron chi connectivity index (χ1n) is 6.68. The summed E-state index contributed by atoms with van der Waals surface area (Å²) in [5, 5.41) is 4.04. The van der Waals surface area contributed by atoms with Crippen LogP contribution in [0.5, 0.6) is 0 Å². The van der Waals surface area contributed by atoms with Gasteiger partial charge in [0.2, 0.25) is 11.8 Å². The number of piperidine rings is 1. The number of rotatable bonds is 2. The molecule has 98 valence electrons. The van der Waals surface area contributed by atoms with Gasteiger partial charge in [0.05, 0.1) is 0 Å². The SMILES string of the molecule is Cc1nc(C2(C)CCN(C(=O)C3CC3)CC2)no1. The molecule has 1 aliphatic heterocycles. The van der Waals surface area contributed by atoms with Gasteiger partial charge in [-0.2, -0.15) is 4.98 Å². The zero-order chi connectivity index (χ0) is 12.8. The minimum Gasteiger partial charge on any atom is -0.342 e. The quantitative estimate of drug-likeness (QED) is 0.800. The molecule has 1 aromatic heterocycles. The van der Waals surface area contributed by atoms with E-state index in [1.165, 1.54) is 0 Å². The van der Waals surface area contributed by atoms with Gasteiger partial charge in [0.15, 0.2) is 5.82 Å². The van der Waals surface area contributed by atoms with Crippen LogP contribution in [0, 0.1) is 12.8 Å². The van der Waals surface area contributed by atoms with E-state index in [1.54, 1.807) is 0 Å². The van der Waals surface area contributed by atoms with Crippen molar-refractivity contribution in [2.24, 2.45) is 5.92 Å². The second kappa shape index (κ2) is 4.07. The van der Waals surface area contributed by atoms with E-state index >= 15 is 0 Å². The van der Waals surface area contributed by atoms with Crippen LogP contribution in [0.3, 0.4) is 0 Å². The molecule has 2 fully saturated rings. The normalized spacial score (nSPS) is 23.1. The van der Waals surface area contributed by atoms with Crippen LogP contribution in [0.15, 0.2) is 4.52 Å². The number of aromatic nitrogens is 2. The molecule has 18 heavy (non-hydrogen) atoms. The second-order valence-corrected chi connectivity index (χ2v) is 5.80. The van der Waals surface area contributed by atoms with Crippen molar-refractivity contribution in [3.05, 3.63) is 11.7 Å². The molecule has 1 saturated carbocycles. The van der Waals surface area contributed by atoms with Crippen molar-refractivity contribution < 1.29 is 9.32 Å². The van der Waals surface area contributed by atoms with Crippen molar-refractivity contribution in [3.63, 3.8) is 0 Å². The van der Waals surface area contributed by atoms with E-state index in [1.807, 2.05) is 11.8 Å². The van der Waals surface area contributed by atoms with Gasteiger partial charge in [-0.15, -0.1) is 0 Å². The highest BCUT2D eigenvalue weighted by atomic mass is 16.5. The predicted molar refractivity (Wildman–Crippen MR) is 64.9 cm³/mol. The second-order valence-electron chi connectivity index (χ2n) is 5.80. The fourth-order valence-electron chi connectivity index (χ4n) is 2.58. The number of amides is 1. The topological polar surface area (TPSA) is 59.2 Å². The number of hydrogen-bond donors (Lipinski definition) is 0. The van der Waals surface area contributed by atoms with Gasteiger partial charge in [-0.1, -0.05) is 12.1 Å². The molecule has 1 saturated heterocycles. The minimum absolute atomic E-state index is 0.0436. The van der Waals surface area contributed by atoms with Crippen LogP contribution in [-0.4, -0.2) is 34.0 Å². The van der Waals surface area contributed by atoms with Crippen molar-refractivity contribution in [1.82, 2.24) is 15.0 Å². The molecule has 2 heterocycles. The molecule has 3 rings (SSSR count). The maximum absolute atomic E-state index is 12.0. The van der Waals surface area contributed by atoms with Crippen LogP contribution in [-0.2, 0) is 10.2 Å². The average molecular weight is 249 g/mol. The fraction of sp³-hybridized carbons (Fsp3) is 0.769. The standard InChI is InChI=1S/C13H19N3O2/c1-9-14-12(15-18-9)13(2)5-7-16(8-6-13)11(17)10-3-4-10/h10H,3-8H2,1-2H3. The molecule has 5 nitrogen and oxygen atoms in total. The molecule has 0 radical (unpaired) electrons. The zero-order valence-corrected chi connectivity index (χ0v) is 11.0. The molecule has 0 aromatic carbocycles. The monoisotopic (exact) mass is 249 g/mol. The highest BCUT2D eigenvalue weighted by Gasteiger charge is 2.40. The van der Waals surface area contributed by atoms with Gasteiger partial charge in [-0.25, -0.2) is 0 Å². The van der Waals surface area contributed by atoms with E-state index in [0.29, 0.717) is 17.7 Å². The third-order valence-electron chi connectivity index (χ3n) is 4.17. The molecule has 5 heteroatoms. The Morgan fingerprint density at radius 3 is 2.56 bits per heavy atom. The maximum atomic E-state index is 12.0. The summed E-state index contributed by atoms with van der Waals surface area (Å²) < 4.78 is 5.06. The van der Waals surface area contributed by atoms with Crippen LogP contribution < -0.4 is 0 Å². The largest absolute Gasteiger partial charge is 0.342 e. The Bertz CT molecular complexity index is 457. The number of hydrogen-bond acceptors (Lipinski definition) is 4. The van der Waals surface area contributed by atoms with E-state index in [9.17, 15) is 4.79 Å². The minimum atomic E-state index is -0.0436. The molecule has 0 atom stereocenters. The number of aryl methyl sites for hydroxylation is 1. The molecular weight excluding hydrogens is 230 g/mol. The smallest absolute Gasteiger partial charge is 0.225 e. The third kappa shape index (κ3) is 2.02. The first-order chi connectivity index (χ1) is 8.58. The Hall–Kier alpha value is -1.39. The highest BCUT2D eigenvalue weighted by molar-refractivity contribution is 5.81. The summed E-state index contributed by atoms with van der Waals surface area (Å²) in [6.45, 7) is 5.61. The first kappa shape index (κ1) is 11.7. The molecule has 1 aromatic rings. The Kier molecular flexibility index (Phi) is 2.64. The maximum Gasteiger partial charge on any atom is 0.225 e. The van der Waals surface area contributed by atoms with E-state index in [-0.39, 0.29) is 5.41 Å². The van der Waals surface area contributed by atoms with Crippen molar-refractivity contribution in [3.8, 4) is 0 Å². The summed E-state index contributed by atoms with van der Waals surface area (Å²) in [7, 11) is 0. The van der Waals surface area contributed by atoms with E-state index in [2.05, 4.69) is 17.1 Å². The zero-order valence-electron chi connectivity index (χ0n) is 11.0. The molecule has 1 aliphatic carbocycles. The van der Waals surface area contributed by atoms with Gasteiger partial charge in [0, 0.05) is 31.3 Å². The lowest BCUT2D eigenvalue weighted by atomic mass is 9.79. The first-order valence-corrected chi connectivity index (χ1v) is 6.68. The van der Waals surface area contributed by atoms with E-state index in [0.717, 1.165) is 44.6 Å². The van der Waals surface area contributed by atoms with Crippen LogP contribution in [0.2, 0.25) is 0 Å². The van der Waals surface area contributed by atoms with Crippen molar-refractivity contribution in [2.45, 2.75) is 44.9 Å². The van der Waals surface area contributed by atoms with Crippen LogP contribution in [0.25, 0.3) is 0 Å². The summed E-state index contributed by atoms with van der Waals surface area (Å²) >= 11 is 0. The van der Waals surface area contributed by atoms with E-state index < -0.39 is 0 Å². The van der Waals surface area contributed by atoms with Crippen LogP contribution >= 0.6 is 0 Å². The summed E-state index contributed by atoms with van der Waals surface area (Å²) in [6.07, 6.45) is 4.00. The number of carbonyl (C=O) groups is 1. The molecule has 2 aliphatic rings. The van der Waals surface area contributed by atoms with Gasteiger partial charge in [-0.3, -0.25) is 4.79 Å². The molecule has 1 amide bonds. The number of carbonyl (C=O) groups excluding carboxylic acids is 1. The lowest BCUT2D eigenvalue weighted by Crippen LogP contribution is -2.44. The molecule has 0 N–H and O–H groups in total. The summed E-state index contributed by atoms with van der Waals surface area (Å²) in [5.74, 6) is 2.07. The lowest BCUT2D eigenvalue weighted by Gasteiger charge is -2.37. The summed E-state index contributed by atoms with van der Waals surface area (Å²) in [6, 6.07) is 0. The van der Waals surface area contributed by atoms with Gasteiger partial charge in [-0.05, 0) is 25.7 Å². The van der Waals surface area contributed by atoms with Gasteiger partial charge < -0.3 is 9.42 Å². The third-order valence-corrected chi connectivity index (χ3v) is 4.17. The molecular formula is C13H19N3O2. The van der Waals surface area contributed by atoms with Gasteiger partial charge >= 0.3 is 0 Å². The highest BCUT2D eigenvalue weighted by Crippen LogP contribution is 2.36. The Balaban J connectivity index is 1.66. The van der Waals surface area contributed by atoms with Gasteiger partial charge in [0.1, 0.15) is 0 Å². The van der Waals surface area contributed by atoms with E-state index in [4.69, 9.17) is 4.52 Å². The average Bonchev–Trinajstić information content (AvgIpc) is 3.11. The summed E-state index contributed by atoms with van der Waals surface area (Å²) in [5.41, 5.74) is -0.0436. The number of nitrogens with zero attached hydrogens (tertiary/aromatic N) is 3.